The second-order valence-corrected chi connectivity index (χ2v) is 2.26. The van der Waals surface area contributed by atoms with E-state index < -0.39 is 5.97 Å². The molecule has 0 aliphatic carbocycles. The topological polar surface area (TPSA) is 74.6 Å². The fourth-order valence-electron chi connectivity index (χ4n) is 0.763. The van der Waals surface area contributed by atoms with Crippen LogP contribution in [-0.2, 0) is 9.59 Å². The first-order chi connectivity index (χ1) is 6.63. The van der Waals surface area contributed by atoms with Gasteiger partial charge in [0.2, 0.25) is 0 Å². The van der Waals surface area contributed by atoms with Crippen LogP contribution in [-0.4, -0.2) is 22.7 Å². The maximum atomic E-state index is 10.4. The SMILES string of the molecule is C=C(C(=O)O)c1ccccc1.O=CO. The molecule has 4 nitrogen and oxygen atoms in total. The van der Waals surface area contributed by atoms with E-state index in [1.807, 2.05) is 6.07 Å². The van der Waals surface area contributed by atoms with Gasteiger partial charge in [-0.25, -0.2) is 4.79 Å². The van der Waals surface area contributed by atoms with Crippen molar-refractivity contribution in [3.63, 3.8) is 0 Å². The molecule has 2 N–H and O–H groups in total. The van der Waals surface area contributed by atoms with Crippen LogP contribution in [0.25, 0.3) is 5.57 Å². The largest absolute Gasteiger partial charge is 0.483 e. The lowest BCUT2D eigenvalue weighted by molar-refractivity contribution is -0.130. The summed E-state index contributed by atoms with van der Waals surface area (Å²) >= 11 is 0. The summed E-state index contributed by atoms with van der Waals surface area (Å²) in [7, 11) is 0. The normalized spacial score (nSPS) is 8.00. The van der Waals surface area contributed by atoms with Gasteiger partial charge in [-0.05, 0) is 5.56 Å². The predicted molar refractivity (Wildman–Crippen MR) is 51.8 cm³/mol. The quantitative estimate of drug-likeness (QED) is 0.552. The van der Waals surface area contributed by atoms with Crippen molar-refractivity contribution in [1.29, 1.82) is 0 Å². The molecule has 0 bridgehead atoms. The number of hydrogen-bond donors (Lipinski definition) is 2. The fourth-order valence-corrected chi connectivity index (χ4v) is 0.763. The summed E-state index contributed by atoms with van der Waals surface area (Å²) in [6.45, 7) is 3.17. The van der Waals surface area contributed by atoms with Gasteiger partial charge in [0, 0.05) is 0 Å². The van der Waals surface area contributed by atoms with E-state index in [2.05, 4.69) is 6.58 Å². The molecule has 0 amide bonds. The highest BCUT2D eigenvalue weighted by molar-refractivity contribution is 6.14. The van der Waals surface area contributed by atoms with Crippen LogP contribution in [0.3, 0.4) is 0 Å². The zero-order valence-electron chi connectivity index (χ0n) is 7.38. The zero-order valence-corrected chi connectivity index (χ0v) is 7.38. The molecule has 1 rings (SSSR count). The van der Waals surface area contributed by atoms with E-state index in [1.165, 1.54) is 0 Å². The van der Waals surface area contributed by atoms with E-state index >= 15 is 0 Å². The van der Waals surface area contributed by atoms with Gasteiger partial charge in [0.05, 0.1) is 5.57 Å². The summed E-state index contributed by atoms with van der Waals surface area (Å²) in [5.41, 5.74) is 0.783. The highest BCUT2D eigenvalue weighted by Gasteiger charge is 2.04. The second-order valence-electron chi connectivity index (χ2n) is 2.26. The molecular formula is C10H10O4. The van der Waals surface area contributed by atoms with Gasteiger partial charge in [-0.2, -0.15) is 0 Å². The van der Waals surface area contributed by atoms with Crippen molar-refractivity contribution in [2.75, 3.05) is 0 Å². The molecule has 14 heavy (non-hydrogen) atoms. The molecule has 0 saturated carbocycles. The van der Waals surface area contributed by atoms with E-state index in [4.69, 9.17) is 15.0 Å². The molecule has 4 heteroatoms. The van der Waals surface area contributed by atoms with Crippen molar-refractivity contribution in [3.05, 3.63) is 42.5 Å². The summed E-state index contributed by atoms with van der Waals surface area (Å²) in [5.74, 6) is -0.976. The van der Waals surface area contributed by atoms with Crippen molar-refractivity contribution < 1.29 is 19.8 Å². The van der Waals surface area contributed by atoms with Crippen LogP contribution in [0, 0.1) is 0 Å². The average Bonchev–Trinajstić information content (AvgIpc) is 2.19. The Morgan fingerprint density at radius 3 is 2.07 bits per heavy atom. The van der Waals surface area contributed by atoms with Gasteiger partial charge in [-0.3, -0.25) is 4.79 Å². The Balaban J connectivity index is 0.000000500. The van der Waals surface area contributed by atoms with Crippen molar-refractivity contribution in [3.8, 4) is 0 Å². The Morgan fingerprint density at radius 2 is 1.71 bits per heavy atom. The third kappa shape index (κ3) is 4.06. The van der Waals surface area contributed by atoms with Crippen molar-refractivity contribution in [1.82, 2.24) is 0 Å². The minimum atomic E-state index is -0.976. The molecular weight excluding hydrogens is 184 g/mol. The Bertz CT molecular complexity index is 316. The first-order valence-corrected chi connectivity index (χ1v) is 3.69. The van der Waals surface area contributed by atoms with Crippen LogP contribution < -0.4 is 0 Å². The Morgan fingerprint density at radius 1 is 1.29 bits per heavy atom. The van der Waals surface area contributed by atoms with E-state index in [1.54, 1.807) is 24.3 Å². The smallest absolute Gasteiger partial charge is 0.335 e. The molecule has 74 valence electrons. The molecule has 0 spiro atoms. The molecule has 0 aromatic heterocycles. The minimum absolute atomic E-state index is 0.130. The summed E-state index contributed by atoms with van der Waals surface area (Å²) in [6.07, 6.45) is 0. The lowest BCUT2D eigenvalue weighted by Crippen LogP contribution is -1.96. The third-order valence-corrected chi connectivity index (χ3v) is 1.38. The predicted octanol–water partition coefficient (Wildman–Crippen LogP) is 1.49. The number of aliphatic carboxylic acids is 1. The van der Waals surface area contributed by atoms with Crippen molar-refractivity contribution in [2.24, 2.45) is 0 Å². The monoisotopic (exact) mass is 194 g/mol. The summed E-state index contributed by atoms with van der Waals surface area (Å²) in [5, 5.41) is 15.4. The van der Waals surface area contributed by atoms with Gasteiger partial charge < -0.3 is 10.2 Å². The maximum absolute atomic E-state index is 10.4. The molecule has 0 aliphatic heterocycles. The molecule has 1 aromatic carbocycles. The highest BCUT2D eigenvalue weighted by Crippen LogP contribution is 2.10. The van der Waals surface area contributed by atoms with Gasteiger partial charge >= 0.3 is 5.97 Å². The van der Waals surface area contributed by atoms with E-state index in [9.17, 15) is 4.79 Å². The Labute approximate surface area is 81.1 Å². The summed E-state index contributed by atoms with van der Waals surface area (Å²) < 4.78 is 0. The van der Waals surface area contributed by atoms with Crippen molar-refractivity contribution >= 4 is 18.0 Å². The molecule has 0 atom stereocenters. The molecule has 0 heterocycles. The zero-order chi connectivity index (χ0) is 11.0. The van der Waals surface area contributed by atoms with E-state index in [-0.39, 0.29) is 12.0 Å². The lowest BCUT2D eigenvalue weighted by atomic mass is 10.1. The minimum Gasteiger partial charge on any atom is -0.483 e. The molecule has 1 aromatic rings. The molecule has 0 saturated heterocycles. The van der Waals surface area contributed by atoms with Gasteiger partial charge in [0.15, 0.2) is 0 Å². The van der Waals surface area contributed by atoms with E-state index in [0.717, 1.165) is 0 Å². The number of rotatable bonds is 2. The van der Waals surface area contributed by atoms with Crippen LogP contribution in [0.15, 0.2) is 36.9 Å². The fraction of sp³-hybridized carbons (Fsp3) is 0. The number of benzene rings is 1. The summed E-state index contributed by atoms with van der Waals surface area (Å²) in [4.78, 5) is 18.8. The van der Waals surface area contributed by atoms with Gasteiger partial charge in [0.1, 0.15) is 0 Å². The van der Waals surface area contributed by atoms with Crippen LogP contribution in [0.1, 0.15) is 5.56 Å². The maximum Gasteiger partial charge on any atom is 0.335 e. The third-order valence-electron chi connectivity index (χ3n) is 1.38. The van der Waals surface area contributed by atoms with Gasteiger partial charge in [-0.1, -0.05) is 36.9 Å². The van der Waals surface area contributed by atoms with Crippen molar-refractivity contribution in [2.45, 2.75) is 0 Å². The number of hydrogen-bond acceptors (Lipinski definition) is 2. The average molecular weight is 194 g/mol. The second kappa shape index (κ2) is 6.42. The standard InChI is InChI=1S/C9H8O2.CH2O2/c1-7(9(10)11)8-5-3-2-4-6-8;2-1-3/h2-6H,1H2,(H,10,11);1H,(H,2,3). The molecule has 0 fully saturated rings. The first-order valence-electron chi connectivity index (χ1n) is 3.69. The van der Waals surface area contributed by atoms with Crippen LogP contribution in [0.5, 0.6) is 0 Å². The van der Waals surface area contributed by atoms with Crippen LogP contribution in [0.2, 0.25) is 0 Å². The highest BCUT2D eigenvalue weighted by atomic mass is 16.4. The number of carboxylic acid groups (broad SMARTS) is 2. The first kappa shape index (κ1) is 11.9. The molecule has 0 unspecified atom stereocenters. The lowest BCUT2D eigenvalue weighted by Gasteiger charge is -1.97. The number of carboxylic acids is 1. The Hall–Kier alpha value is -2.10. The molecule has 0 aliphatic rings. The van der Waals surface area contributed by atoms with Gasteiger partial charge in [-0.15, -0.1) is 0 Å². The number of carbonyl (C=O) groups is 2. The summed E-state index contributed by atoms with van der Waals surface area (Å²) in [6, 6.07) is 8.83. The van der Waals surface area contributed by atoms with E-state index in [0.29, 0.717) is 5.56 Å². The van der Waals surface area contributed by atoms with Crippen LogP contribution in [0.4, 0.5) is 0 Å². The van der Waals surface area contributed by atoms with Crippen LogP contribution >= 0.6 is 0 Å². The molecule has 0 radical (unpaired) electrons. The Kier molecular flexibility index (Phi) is 5.46. The van der Waals surface area contributed by atoms with Gasteiger partial charge in [0.25, 0.3) is 6.47 Å².